The van der Waals surface area contributed by atoms with Crippen molar-refractivity contribution >= 4 is 11.8 Å². The first-order valence-corrected chi connectivity index (χ1v) is 2.92. The van der Waals surface area contributed by atoms with Gasteiger partial charge in [-0.05, 0) is 0 Å². The summed E-state index contributed by atoms with van der Waals surface area (Å²) in [4.78, 5) is 22.5. The van der Waals surface area contributed by atoms with Gasteiger partial charge in [0.25, 0.3) is 0 Å². The van der Waals surface area contributed by atoms with Crippen LogP contribution in [0.1, 0.15) is 10.5 Å². The van der Waals surface area contributed by atoms with Crippen molar-refractivity contribution in [1.82, 2.24) is 4.90 Å². The minimum absolute atomic E-state index is 0.0896. The van der Waals surface area contributed by atoms with Crippen LogP contribution in [0.5, 0.6) is 0 Å². The molecule has 4 nitrogen and oxygen atoms in total. The van der Waals surface area contributed by atoms with Crippen LogP contribution in [0.3, 0.4) is 0 Å². The van der Waals surface area contributed by atoms with Crippen molar-refractivity contribution in [2.45, 2.75) is 6.42 Å². The average Bonchev–Trinajstić information content (AvgIpc) is 2.29. The zero-order chi connectivity index (χ0) is 10.2. The van der Waals surface area contributed by atoms with E-state index < -0.39 is 24.7 Å². The Labute approximate surface area is 63.2 Å². The monoisotopic (exact) mass is 145 g/mol. The van der Waals surface area contributed by atoms with Crippen LogP contribution in [-0.2, 0) is 9.59 Å². The first kappa shape index (κ1) is 3.95. The summed E-state index contributed by atoms with van der Waals surface area (Å²) in [6.45, 7) is -2.55. The summed E-state index contributed by atoms with van der Waals surface area (Å²) >= 11 is 0. The predicted molar refractivity (Wildman–Crippen MR) is 34.9 cm³/mol. The van der Waals surface area contributed by atoms with Crippen LogP contribution in [0.4, 0.5) is 0 Å². The first-order valence-electron chi connectivity index (χ1n) is 4.42. The molecule has 1 aliphatic heterocycles. The first-order chi connectivity index (χ1) is 5.82. The summed E-state index contributed by atoms with van der Waals surface area (Å²) in [5.41, 5.74) is 4.96. The van der Waals surface area contributed by atoms with Gasteiger partial charge in [0.05, 0.1) is 5.92 Å². The zero-order valence-corrected chi connectivity index (χ0v) is 5.33. The molecule has 0 bridgehead atoms. The molecule has 1 fully saturated rings. The number of hydrogen-bond donors (Lipinski definition) is 1. The lowest BCUT2D eigenvalue weighted by atomic mass is 10.1. The number of nitrogens with two attached hydrogens (primary N) is 1. The molecule has 1 saturated heterocycles. The zero-order valence-electron chi connectivity index (χ0n) is 8.33. The molecule has 2 N–H and O–H groups in total. The van der Waals surface area contributed by atoms with Gasteiger partial charge in [-0.25, -0.2) is 0 Å². The number of amides is 2. The summed E-state index contributed by atoms with van der Waals surface area (Å²) < 4.78 is 20.9. The number of carbonyl (C=O) groups excluding carboxylic acids is 2. The number of rotatable bonds is 1. The summed E-state index contributed by atoms with van der Waals surface area (Å²) in [5, 5.41) is 0. The number of primary amides is 1. The van der Waals surface area contributed by atoms with Crippen LogP contribution < -0.4 is 5.73 Å². The second-order valence-electron chi connectivity index (χ2n) is 2.31. The molecule has 56 valence electrons. The fourth-order valence-corrected chi connectivity index (χ4v) is 0.898. The topological polar surface area (TPSA) is 63.4 Å². The maximum Gasteiger partial charge on any atom is 0.223 e. The number of hydrogen-bond acceptors (Lipinski definition) is 2. The molecule has 0 aliphatic carbocycles. The molecule has 0 saturated carbocycles. The van der Waals surface area contributed by atoms with Gasteiger partial charge in [0, 0.05) is 24.1 Å². The highest BCUT2D eigenvalue weighted by molar-refractivity contribution is 5.88. The summed E-state index contributed by atoms with van der Waals surface area (Å²) in [6.07, 6.45) is -0.0896. The molecule has 0 spiro atoms. The van der Waals surface area contributed by atoms with Crippen molar-refractivity contribution < 1.29 is 13.7 Å². The molecule has 2 amide bonds. The SMILES string of the molecule is [2H]C([2H])([2H])N1CC(C(N)=O)CC1=O. The van der Waals surface area contributed by atoms with E-state index in [1.165, 1.54) is 0 Å². The highest BCUT2D eigenvalue weighted by Crippen LogP contribution is 2.14. The third-order valence-electron chi connectivity index (χ3n) is 1.53. The minimum Gasteiger partial charge on any atom is -0.369 e. The molecule has 0 aromatic carbocycles. The molecule has 1 heterocycles. The van der Waals surface area contributed by atoms with Crippen LogP contribution in [-0.4, -0.2) is 30.2 Å². The lowest BCUT2D eigenvalue weighted by molar-refractivity contribution is -0.127. The molecule has 4 heteroatoms. The molecule has 0 radical (unpaired) electrons. The molecule has 1 rings (SSSR count). The van der Waals surface area contributed by atoms with Gasteiger partial charge in [-0.15, -0.1) is 0 Å². The molecule has 0 aromatic heterocycles. The third kappa shape index (κ3) is 1.10. The van der Waals surface area contributed by atoms with E-state index in [1.807, 2.05) is 0 Å². The quantitative estimate of drug-likeness (QED) is 0.511. The Morgan fingerprint density at radius 3 is 3.00 bits per heavy atom. The Balaban J connectivity index is 2.73. The minimum atomic E-state index is -2.46. The largest absolute Gasteiger partial charge is 0.369 e. The molecule has 1 aliphatic rings. The third-order valence-corrected chi connectivity index (χ3v) is 1.53. The maximum atomic E-state index is 11.1. The van der Waals surface area contributed by atoms with E-state index in [0.717, 1.165) is 0 Å². The number of likely N-dealkylation sites (tertiary alicyclic amines) is 1. The molecular formula is C6H10N2O2. The lowest BCUT2D eigenvalue weighted by Gasteiger charge is -2.05. The van der Waals surface area contributed by atoms with E-state index in [0.29, 0.717) is 4.90 Å². The van der Waals surface area contributed by atoms with Crippen LogP contribution in [0.2, 0.25) is 0 Å². The van der Waals surface area contributed by atoms with Crippen molar-refractivity contribution in [3.8, 4) is 0 Å². The van der Waals surface area contributed by atoms with Gasteiger partial charge in [0.15, 0.2) is 0 Å². The fourth-order valence-electron chi connectivity index (χ4n) is 0.898. The van der Waals surface area contributed by atoms with E-state index in [2.05, 4.69) is 0 Å². The Kier molecular flexibility index (Phi) is 0.903. The van der Waals surface area contributed by atoms with Crippen LogP contribution in [0, 0.1) is 5.92 Å². The number of nitrogens with zero attached hydrogens (tertiary/aromatic N) is 1. The smallest absolute Gasteiger partial charge is 0.223 e. The van der Waals surface area contributed by atoms with E-state index in [1.54, 1.807) is 0 Å². The normalized spacial score (nSPS) is 31.2. The molecule has 1 unspecified atom stereocenters. The maximum absolute atomic E-state index is 11.1. The van der Waals surface area contributed by atoms with Crippen molar-refractivity contribution in [2.75, 3.05) is 13.5 Å². The fraction of sp³-hybridized carbons (Fsp3) is 0.667. The molecular weight excluding hydrogens is 132 g/mol. The van der Waals surface area contributed by atoms with Crippen LogP contribution >= 0.6 is 0 Å². The Morgan fingerprint density at radius 1 is 2.00 bits per heavy atom. The van der Waals surface area contributed by atoms with Gasteiger partial charge < -0.3 is 10.6 Å². The van der Waals surface area contributed by atoms with E-state index >= 15 is 0 Å². The highest BCUT2D eigenvalue weighted by Gasteiger charge is 2.30. The summed E-state index contributed by atoms with van der Waals surface area (Å²) in [5.74, 6) is -1.82. The van der Waals surface area contributed by atoms with Crippen LogP contribution in [0.15, 0.2) is 0 Å². The Hall–Kier alpha value is -1.06. The average molecular weight is 145 g/mol. The van der Waals surface area contributed by atoms with Crippen molar-refractivity contribution in [3.63, 3.8) is 0 Å². The lowest BCUT2D eigenvalue weighted by Crippen LogP contribution is -2.25. The Morgan fingerprint density at radius 2 is 2.70 bits per heavy atom. The second kappa shape index (κ2) is 2.28. The van der Waals surface area contributed by atoms with Crippen molar-refractivity contribution in [3.05, 3.63) is 0 Å². The predicted octanol–water partition coefficient (Wildman–Crippen LogP) is -1.05. The molecule has 10 heavy (non-hydrogen) atoms. The van der Waals surface area contributed by atoms with Crippen LogP contribution in [0.25, 0.3) is 0 Å². The highest BCUT2D eigenvalue weighted by atomic mass is 16.2. The van der Waals surface area contributed by atoms with Gasteiger partial charge >= 0.3 is 0 Å². The second-order valence-corrected chi connectivity index (χ2v) is 2.31. The summed E-state index contributed by atoms with van der Waals surface area (Å²) in [7, 11) is 0. The van der Waals surface area contributed by atoms with Crippen molar-refractivity contribution in [1.29, 1.82) is 0 Å². The van der Waals surface area contributed by atoms with Crippen molar-refractivity contribution in [2.24, 2.45) is 11.7 Å². The number of carbonyl (C=O) groups is 2. The van der Waals surface area contributed by atoms with Gasteiger partial charge in [-0.3, -0.25) is 9.59 Å². The van der Waals surface area contributed by atoms with E-state index in [-0.39, 0.29) is 13.0 Å². The Bertz CT molecular complexity index is 251. The van der Waals surface area contributed by atoms with Gasteiger partial charge in [-0.1, -0.05) is 0 Å². The van der Waals surface area contributed by atoms with E-state index in [4.69, 9.17) is 9.85 Å². The van der Waals surface area contributed by atoms with Gasteiger partial charge in [0.1, 0.15) is 0 Å². The van der Waals surface area contributed by atoms with E-state index in [9.17, 15) is 9.59 Å². The molecule has 1 atom stereocenters. The summed E-state index contributed by atoms with van der Waals surface area (Å²) in [6, 6.07) is 0. The molecule has 0 aromatic rings. The van der Waals surface area contributed by atoms with Gasteiger partial charge in [0.2, 0.25) is 11.8 Å². The van der Waals surface area contributed by atoms with Gasteiger partial charge in [-0.2, -0.15) is 0 Å². The standard InChI is InChI=1S/C6H10N2O2/c1-8-3-4(6(7)10)2-5(8)9/h4H,2-3H2,1H3,(H2,7,10)/i1D3.